The summed E-state index contributed by atoms with van der Waals surface area (Å²) in [7, 11) is 0. The fraction of sp³-hybridized carbons (Fsp3) is 0.500. The predicted molar refractivity (Wildman–Crippen MR) is 55.0 cm³/mol. The SMILES string of the molecule is OC(CBr)c1cnccc1C1CC1. The van der Waals surface area contributed by atoms with Gasteiger partial charge in [0, 0.05) is 23.3 Å². The number of pyridine rings is 1. The molecule has 1 heterocycles. The molecule has 0 amide bonds. The summed E-state index contributed by atoms with van der Waals surface area (Å²) in [6.45, 7) is 0. The Balaban J connectivity index is 2.31. The van der Waals surface area contributed by atoms with E-state index >= 15 is 0 Å². The second-order valence-corrected chi connectivity index (χ2v) is 4.10. The van der Waals surface area contributed by atoms with Crippen LogP contribution in [0, 0.1) is 0 Å². The Morgan fingerprint density at radius 2 is 2.38 bits per heavy atom. The highest BCUT2D eigenvalue weighted by molar-refractivity contribution is 9.09. The number of halogens is 1. The van der Waals surface area contributed by atoms with E-state index in [1.807, 2.05) is 6.07 Å². The third-order valence-corrected chi connectivity index (χ3v) is 3.02. The van der Waals surface area contributed by atoms with Crippen molar-refractivity contribution in [3.8, 4) is 0 Å². The lowest BCUT2D eigenvalue weighted by Gasteiger charge is -2.11. The van der Waals surface area contributed by atoms with E-state index in [1.165, 1.54) is 18.4 Å². The van der Waals surface area contributed by atoms with Gasteiger partial charge in [-0.3, -0.25) is 4.98 Å². The van der Waals surface area contributed by atoms with Crippen molar-refractivity contribution in [3.05, 3.63) is 29.6 Å². The molecule has 1 atom stereocenters. The first-order valence-electron chi connectivity index (χ1n) is 4.50. The van der Waals surface area contributed by atoms with Crippen LogP contribution in [0.15, 0.2) is 18.5 Å². The van der Waals surface area contributed by atoms with Gasteiger partial charge in [-0.2, -0.15) is 0 Å². The summed E-state index contributed by atoms with van der Waals surface area (Å²) in [4.78, 5) is 4.04. The van der Waals surface area contributed by atoms with Crippen LogP contribution in [-0.4, -0.2) is 15.4 Å². The summed E-state index contributed by atoms with van der Waals surface area (Å²) in [5.74, 6) is 0.673. The highest BCUT2D eigenvalue weighted by Gasteiger charge is 2.27. The second kappa shape index (κ2) is 3.76. The Kier molecular flexibility index (Phi) is 2.65. The third kappa shape index (κ3) is 1.92. The maximum atomic E-state index is 9.70. The van der Waals surface area contributed by atoms with Gasteiger partial charge in [-0.05, 0) is 30.4 Å². The van der Waals surface area contributed by atoms with Crippen molar-refractivity contribution < 1.29 is 5.11 Å². The molecular weight excluding hydrogens is 230 g/mol. The van der Waals surface area contributed by atoms with E-state index in [1.54, 1.807) is 12.4 Å². The first kappa shape index (κ1) is 9.16. The van der Waals surface area contributed by atoms with Crippen molar-refractivity contribution in [2.45, 2.75) is 24.9 Å². The molecule has 1 aliphatic carbocycles. The highest BCUT2D eigenvalue weighted by Crippen LogP contribution is 2.42. The summed E-state index contributed by atoms with van der Waals surface area (Å²) in [6.07, 6.45) is 5.68. The zero-order valence-electron chi connectivity index (χ0n) is 7.28. The Bertz CT molecular complexity index is 299. The molecule has 0 spiro atoms. The summed E-state index contributed by atoms with van der Waals surface area (Å²) in [5.41, 5.74) is 2.27. The molecule has 0 saturated heterocycles. The van der Waals surface area contributed by atoms with Gasteiger partial charge in [-0.15, -0.1) is 0 Å². The van der Waals surface area contributed by atoms with Gasteiger partial charge in [0.1, 0.15) is 0 Å². The van der Waals surface area contributed by atoms with Gasteiger partial charge in [-0.1, -0.05) is 15.9 Å². The van der Waals surface area contributed by atoms with Crippen LogP contribution in [0.2, 0.25) is 0 Å². The highest BCUT2D eigenvalue weighted by atomic mass is 79.9. The Morgan fingerprint density at radius 3 is 3.00 bits per heavy atom. The van der Waals surface area contributed by atoms with E-state index < -0.39 is 6.10 Å². The molecule has 70 valence electrons. The maximum absolute atomic E-state index is 9.70. The molecule has 1 N–H and O–H groups in total. The molecule has 0 aliphatic heterocycles. The summed E-state index contributed by atoms with van der Waals surface area (Å²) in [5, 5.41) is 10.3. The molecule has 0 radical (unpaired) electrons. The largest absolute Gasteiger partial charge is 0.387 e. The number of aromatic nitrogens is 1. The number of aliphatic hydroxyl groups excluding tert-OH is 1. The van der Waals surface area contributed by atoms with E-state index in [4.69, 9.17) is 0 Å². The Labute approximate surface area is 86.1 Å². The molecule has 1 saturated carbocycles. The lowest BCUT2D eigenvalue weighted by Crippen LogP contribution is -2.03. The minimum atomic E-state index is -0.413. The number of rotatable bonds is 3. The maximum Gasteiger partial charge on any atom is 0.0904 e. The molecule has 3 heteroatoms. The molecule has 0 aromatic carbocycles. The number of alkyl halides is 1. The molecule has 1 aromatic rings. The standard InChI is InChI=1S/C10H12BrNO/c11-5-10(13)9-6-12-4-3-8(9)7-1-2-7/h3-4,6-7,10,13H,1-2,5H2. The van der Waals surface area contributed by atoms with Crippen molar-refractivity contribution in [1.29, 1.82) is 0 Å². The number of aliphatic hydroxyl groups is 1. The second-order valence-electron chi connectivity index (χ2n) is 3.45. The predicted octanol–water partition coefficient (Wildman–Crippen LogP) is 2.39. The fourth-order valence-electron chi connectivity index (χ4n) is 1.55. The first-order valence-corrected chi connectivity index (χ1v) is 5.63. The molecule has 1 aliphatic rings. The quantitative estimate of drug-likeness (QED) is 0.825. The monoisotopic (exact) mass is 241 g/mol. The van der Waals surface area contributed by atoms with E-state index in [0.29, 0.717) is 11.2 Å². The average molecular weight is 242 g/mol. The normalized spacial score (nSPS) is 18.6. The number of nitrogens with zero attached hydrogens (tertiary/aromatic N) is 1. The molecular formula is C10H12BrNO. The minimum Gasteiger partial charge on any atom is -0.387 e. The van der Waals surface area contributed by atoms with Crippen molar-refractivity contribution >= 4 is 15.9 Å². The zero-order valence-corrected chi connectivity index (χ0v) is 8.87. The van der Waals surface area contributed by atoms with Gasteiger partial charge < -0.3 is 5.11 Å². The van der Waals surface area contributed by atoms with Gasteiger partial charge in [0.15, 0.2) is 0 Å². The van der Waals surface area contributed by atoms with E-state index in [2.05, 4.69) is 20.9 Å². The van der Waals surface area contributed by atoms with Crippen molar-refractivity contribution in [3.63, 3.8) is 0 Å². The fourth-order valence-corrected chi connectivity index (χ4v) is 1.89. The molecule has 13 heavy (non-hydrogen) atoms. The van der Waals surface area contributed by atoms with E-state index in [-0.39, 0.29) is 0 Å². The first-order chi connectivity index (χ1) is 6.33. The van der Waals surface area contributed by atoms with Gasteiger partial charge >= 0.3 is 0 Å². The van der Waals surface area contributed by atoms with Crippen molar-refractivity contribution in [1.82, 2.24) is 4.98 Å². The molecule has 1 unspecified atom stereocenters. The number of hydrogen-bond donors (Lipinski definition) is 1. The van der Waals surface area contributed by atoms with E-state index in [9.17, 15) is 5.11 Å². The van der Waals surface area contributed by atoms with Crippen LogP contribution < -0.4 is 0 Å². The van der Waals surface area contributed by atoms with Gasteiger partial charge in [0.2, 0.25) is 0 Å². The smallest absolute Gasteiger partial charge is 0.0904 e. The van der Waals surface area contributed by atoms with Crippen molar-refractivity contribution in [2.24, 2.45) is 0 Å². The third-order valence-electron chi connectivity index (χ3n) is 2.41. The minimum absolute atomic E-state index is 0.413. The Morgan fingerprint density at radius 1 is 1.62 bits per heavy atom. The molecule has 2 nitrogen and oxygen atoms in total. The lowest BCUT2D eigenvalue weighted by molar-refractivity contribution is 0.204. The molecule has 0 bridgehead atoms. The van der Waals surface area contributed by atoms with E-state index in [0.717, 1.165) is 5.56 Å². The Hall–Kier alpha value is -0.410. The topological polar surface area (TPSA) is 33.1 Å². The summed E-state index contributed by atoms with van der Waals surface area (Å²) in [6, 6.07) is 2.03. The summed E-state index contributed by atoms with van der Waals surface area (Å²) >= 11 is 3.28. The van der Waals surface area contributed by atoms with Crippen LogP contribution in [-0.2, 0) is 0 Å². The molecule has 1 fully saturated rings. The van der Waals surface area contributed by atoms with Crippen LogP contribution in [0.3, 0.4) is 0 Å². The van der Waals surface area contributed by atoms with Crippen LogP contribution >= 0.6 is 15.9 Å². The van der Waals surface area contributed by atoms with Crippen LogP contribution in [0.4, 0.5) is 0 Å². The average Bonchev–Trinajstić information content (AvgIpc) is 3.00. The zero-order chi connectivity index (χ0) is 9.26. The van der Waals surface area contributed by atoms with Crippen LogP contribution in [0.1, 0.15) is 36.0 Å². The lowest BCUT2D eigenvalue weighted by atomic mass is 10.0. The summed E-state index contributed by atoms with van der Waals surface area (Å²) < 4.78 is 0. The number of hydrogen-bond acceptors (Lipinski definition) is 2. The van der Waals surface area contributed by atoms with Crippen molar-refractivity contribution in [2.75, 3.05) is 5.33 Å². The van der Waals surface area contributed by atoms with Crippen LogP contribution in [0.25, 0.3) is 0 Å². The van der Waals surface area contributed by atoms with Gasteiger partial charge in [-0.25, -0.2) is 0 Å². The van der Waals surface area contributed by atoms with Gasteiger partial charge in [0.05, 0.1) is 6.10 Å². The molecule has 1 aromatic heterocycles. The van der Waals surface area contributed by atoms with Gasteiger partial charge in [0.25, 0.3) is 0 Å². The molecule has 2 rings (SSSR count). The van der Waals surface area contributed by atoms with Crippen LogP contribution in [0.5, 0.6) is 0 Å².